The van der Waals surface area contributed by atoms with Gasteiger partial charge in [0.2, 0.25) is 0 Å². The van der Waals surface area contributed by atoms with Gasteiger partial charge >= 0.3 is 0 Å². The smallest absolute Gasteiger partial charge is 0.254 e. The van der Waals surface area contributed by atoms with Gasteiger partial charge < -0.3 is 19.3 Å². The number of hydrogen-bond acceptors (Lipinski definition) is 6. The first kappa shape index (κ1) is 22.8. The number of aromatic nitrogens is 2. The summed E-state index contributed by atoms with van der Waals surface area (Å²) < 4.78 is 11.8. The van der Waals surface area contributed by atoms with E-state index in [1.54, 1.807) is 7.11 Å². The number of anilines is 1. The number of carbonyl (C=O) groups excluding carboxylic acids is 1. The minimum atomic E-state index is 0.0298. The van der Waals surface area contributed by atoms with E-state index in [4.69, 9.17) is 19.4 Å². The Kier molecular flexibility index (Phi) is 6.78. The van der Waals surface area contributed by atoms with Gasteiger partial charge in [-0.2, -0.15) is 0 Å². The van der Waals surface area contributed by atoms with Crippen LogP contribution in [0.5, 0.6) is 5.75 Å². The lowest BCUT2D eigenvalue weighted by Crippen LogP contribution is -2.41. The summed E-state index contributed by atoms with van der Waals surface area (Å²) >= 11 is 3.47. The Morgan fingerprint density at radius 3 is 2.62 bits per heavy atom. The summed E-state index contributed by atoms with van der Waals surface area (Å²) in [5, 5.41) is 0. The molecule has 0 bridgehead atoms. The number of methoxy groups -OCH3 is 1. The summed E-state index contributed by atoms with van der Waals surface area (Å²) in [5.74, 6) is 2.60. The molecule has 0 N–H and O–H groups in total. The maximum Gasteiger partial charge on any atom is 0.254 e. The summed E-state index contributed by atoms with van der Waals surface area (Å²) in [6.45, 7) is 4.06. The van der Waals surface area contributed by atoms with E-state index in [0.29, 0.717) is 44.7 Å². The number of halogens is 1. The molecule has 7 nitrogen and oxygen atoms in total. The molecule has 1 aromatic heterocycles. The number of amides is 1. The second kappa shape index (κ2) is 10.1. The summed E-state index contributed by atoms with van der Waals surface area (Å²) in [4.78, 5) is 27.4. The lowest BCUT2D eigenvalue weighted by molar-refractivity contribution is 0.0732. The van der Waals surface area contributed by atoms with Gasteiger partial charge in [0.15, 0.2) is 0 Å². The van der Waals surface area contributed by atoms with Gasteiger partial charge in [0.1, 0.15) is 17.4 Å². The third-order valence-corrected chi connectivity index (χ3v) is 6.77. The van der Waals surface area contributed by atoms with Gasteiger partial charge in [-0.05, 0) is 35.9 Å². The first-order valence-electron chi connectivity index (χ1n) is 11.5. The molecular formula is C26H27BrN4O3. The standard InChI is InChI=1S/C26H27BrN4O3/c1-33-21-7-5-18(6-8-21)15-24-28-23-9-10-31(26(32)19-3-2-4-20(27)16-19)17-22(23)25(29-24)30-11-13-34-14-12-30/h2-8,16H,9-15,17H2,1H3. The average molecular weight is 523 g/mol. The number of rotatable bonds is 5. The maximum absolute atomic E-state index is 13.2. The highest BCUT2D eigenvalue weighted by atomic mass is 79.9. The van der Waals surface area contributed by atoms with Crippen LogP contribution in [0.4, 0.5) is 5.82 Å². The summed E-state index contributed by atoms with van der Waals surface area (Å²) in [5.41, 5.74) is 3.91. The van der Waals surface area contributed by atoms with Gasteiger partial charge in [-0.25, -0.2) is 9.97 Å². The Hall–Kier alpha value is -2.97. The molecule has 0 atom stereocenters. The fraction of sp³-hybridized carbons (Fsp3) is 0.346. The van der Waals surface area contributed by atoms with Gasteiger partial charge in [0, 0.05) is 48.1 Å². The fourth-order valence-electron chi connectivity index (χ4n) is 4.47. The zero-order chi connectivity index (χ0) is 23.5. The molecule has 2 aromatic carbocycles. The van der Waals surface area contributed by atoms with Crippen LogP contribution in [0.2, 0.25) is 0 Å². The Morgan fingerprint density at radius 2 is 1.88 bits per heavy atom. The predicted molar refractivity (Wildman–Crippen MR) is 133 cm³/mol. The fourth-order valence-corrected chi connectivity index (χ4v) is 4.86. The molecule has 3 aromatic rings. The Bertz CT molecular complexity index is 1180. The van der Waals surface area contributed by atoms with Crippen molar-refractivity contribution >= 4 is 27.7 Å². The molecule has 176 valence electrons. The van der Waals surface area contributed by atoms with Crippen LogP contribution >= 0.6 is 15.9 Å². The van der Waals surface area contributed by atoms with E-state index in [0.717, 1.165) is 51.8 Å². The number of ether oxygens (including phenoxy) is 2. The Labute approximate surface area is 207 Å². The zero-order valence-corrected chi connectivity index (χ0v) is 20.8. The normalized spacial score (nSPS) is 15.7. The van der Waals surface area contributed by atoms with Gasteiger partial charge in [0.25, 0.3) is 5.91 Å². The molecular weight excluding hydrogens is 496 g/mol. The molecule has 1 fully saturated rings. The van der Waals surface area contributed by atoms with Crippen LogP contribution in [0.1, 0.15) is 33.0 Å². The van der Waals surface area contributed by atoms with Crippen LogP contribution in [0.3, 0.4) is 0 Å². The van der Waals surface area contributed by atoms with Crippen LogP contribution < -0.4 is 9.64 Å². The monoisotopic (exact) mass is 522 g/mol. The molecule has 1 amide bonds. The zero-order valence-electron chi connectivity index (χ0n) is 19.2. The number of fused-ring (bicyclic) bond motifs is 1. The largest absolute Gasteiger partial charge is 0.497 e. The molecule has 2 aliphatic rings. The second-order valence-corrected chi connectivity index (χ2v) is 9.42. The molecule has 0 spiro atoms. The summed E-state index contributed by atoms with van der Waals surface area (Å²) in [7, 11) is 1.67. The average Bonchev–Trinajstić information content (AvgIpc) is 2.88. The quantitative estimate of drug-likeness (QED) is 0.506. The first-order valence-corrected chi connectivity index (χ1v) is 12.3. The van der Waals surface area contributed by atoms with Crippen molar-refractivity contribution in [3.8, 4) is 5.75 Å². The van der Waals surface area contributed by atoms with Crippen molar-refractivity contribution in [2.45, 2.75) is 19.4 Å². The molecule has 2 aliphatic heterocycles. The topological polar surface area (TPSA) is 67.8 Å². The predicted octanol–water partition coefficient (Wildman–Crippen LogP) is 3.87. The number of nitrogens with zero attached hydrogens (tertiary/aromatic N) is 4. The first-order chi connectivity index (χ1) is 16.6. The van der Waals surface area contributed by atoms with Crippen molar-refractivity contribution < 1.29 is 14.3 Å². The van der Waals surface area contributed by atoms with Crippen molar-refractivity contribution in [2.24, 2.45) is 0 Å². The van der Waals surface area contributed by atoms with Crippen molar-refractivity contribution in [1.82, 2.24) is 14.9 Å². The molecule has 0 unspecified atom stereocenters. The SMILES string of the molecule is COc1ccc(Cc2nc3c(c(N4CCOCC4)n2)CN(C(=O)c2cccc(Br)c2)CC3)cc1. The van der Waals surface area contributed by atoms with E-state index in [-0.39, 0.29) is 5.91 Å². The van der Waals surface area contributed by atoms with Crippen LogP contribution in [-0.2, 0) is 24.1 Å². The highest BCUT2D eigenvalue weighted by Gasteiger charge is 2.29. The molecule has 0 saturated carbocycles. The molecule has 34 heavy (non-hydrogen) atoms. The second-order valence-electron chi connectivity index (χ2n) is 8.50. The van der Waals surface area contributed by atoms with Gasteiger partial charge in [-0.1, -0.05) is 34.1 Å². The van der Waals surface area contributed by atoms with Gasteiger partial charge in [-0.3, -0.25) is 4.79 Å². The van der Waals surface area contributed by atoms with Crippen LogP contribution in [0.25, 0.3) is 0 Å². The lowest BCUT2D eigenvalue weighted by Gasteiger charge is -2.34. The van der Waals surface area contributed by atoms with E-state index >= 15 is 0 Å². The number of carbonyl (C=O) groups is 1. The summed E-state index contributed by atoms with van der Waals surface area (Å²) in [6, 6.07) is 15.6. The molecule has 1 saturated heterocycles. The maximum atomic E-state index is 13.2. The molecule has 0 aliphatic carbocycles. The molecule has 5 rings (SSSR count). The molecule has 3 heterocycles. The Morgan fingerprint density at radius 1 is 1.09 bits per heavy atom. The van der Waals surface area contributed by atoms with Crippen molar-refractivity contribution in [2.75, 3.05) is 44.9 Å². The third-order valence-electron chi connectivity index (χ3n) is 6.28. The summed E-state index contributed by atoms with van der Waals surface area (Å²) in [6.07, 6.45) is 1.36. The van der Waals surface area contributed by atoms with Crippen molar-refractivity contribution in [3.63, 3.8) is 0 Å². The van der Waals surface area contributed by atoms with E-state index in [1.807, 2.05) is 41.3 Å². The third kappa shape index (κ3) is 4.93. The van der Waals surface area contributed by atoms with E-state index in [9.17, 15) is 4.79 Å². The van der Waals surface area contributed by atoms with Crippen molar-refractivity contribution in [1.29, 1.82) is 0 Å². The van der Waals surface area contributed by atoms with E-state index in [2.05, 4.69) is 33.0 Å². The highest BCUT2D eigenvalue weighted by molar-refractivity contribution is 9.10. The van der Waals surface area contributed by atoms with Gasteiger partial charge in [-0.15, -0.1) is 0 Å². The number of morpholine rings is 1. The van der Waals surface area contributed by atoms with Crippen LogP contribution in [0, 0.1) is 0 Å². The lowest BCUT2D eigenvalue weighted by atomic mass is 10.0. The number of benzene rings is 2. The minimum Gasteiger partial charge on any atom is -0.497 e. The van der Waals surface area contributed by atoms with Gasteiger partial charge in [0.05, 0.1) is 32.6 Å². The highest BCUT2D eigenvalue weighted by Crippen LogP contribution is 2.29. The molecule has 8 heteroatoms. The minimum absolute atomic E-state index is 0.0298. The number of hydrogen-bond donors (Lipinski definition) is 0. The van der Waals surface area contributed by atoms with E-state index < -0.39 is 0 Å². The van der Waals surface area contributed by atoms with E-state index in [1.165, 1.54) is 0 Å². The van der Waals surface area contributed by atoms with Crippen molar-refractivity contribution in [3.05, 3.63) is 81.2 Å². The molecule has 0 radical (unpaired) electrons. The van der Waals surface area contributed by atoms with Crippen LogP contribution in [0.15, 0.2) is 53.0 Å². The Balaban J connectivity index is 1.45. The van der Waals surface area contributed by atoms with Crippen LogP contribution in [-0.4, -0.2) is 60.7 Å².